The summed E-state index contributed by atoms with van der Waals surface area (Å²) in [4.78, 5) is 12.6. The van der Waals surface area contributed by atoms with Crippen molar-refractivity contribution in [2.75, 3.05) is 11.2 Å². The normalized spacial score (nSPS) is 12.4. The van der Waals surface area contributed by atoms with Crippen molar-refractivity contribution in [3.8, 4) is 0 Å². The van der Waals surface area contributed by atoms with E-state index in [0.717, 1.165) is 23.2 Å². The number of nitrogens with two attached hydrogens (primary N) is 1. The number of carbonyl (C=O) groups excluding carboxylic acids is 1. The molecule has 130 valence electrons. The molecule has 1 aromatic heterocycles. The maximum Gasteiger partial charge on any atom is 0.237 e. The zero-order valence-electron chi connectivity index (χ0n) is 14.8. The Hall–Kier alpha value is -2.02. The molecule has 0 saturated heterocycles. The van der Waals surface area contributed by atoms with Crippen LogP contribution in [0.1, 0.15) is 50.6 Å². The number of rotatable bonds is 6. The number of anilines is 1. The molecule has 1 atom stereocenters. The Labute approximate surface area is 147 Å². The fourth-order valence-corrected chi connectivity index (χ4v) is 3.18. The topological polar surface area (TPSA) is 85.8 Å². The van der Waals surface area contributed by atoms with Crippen molar-refractivity contribution in [1.82, 2.24) is 14.9 Å². The van der Waals surface area contributed by atoms with Crippen molar-refractivity contribution in [2.24, 2.45) is 0 Å². The molecule has 0 saturated carbocycles. The van der Waals surface area contributed by atoms with Gasteiger partial charge in [0, 0.05) is 11.6 Å². The number of benzene rings is 1. The number of amides is 1. The molecule has 2 aromatic rings. The average Bonchev–Trinajstić information content (AvgIpc) is 2.90. The summed E-state index contributed by atoms with van der Waals surface area (Å²) in [6.45, 7) is 9.92. The third-order valence-corrected chi connectivity index (χ3v) is 4.90. The molecule has 0 radical (unpaired) electrons. The largest absolute Gasteiger partial charge is 0.336 e. The molecule has 0 aliphatic carbocycles. The van der Waals surface area contributed by atoms with Crippen LogP contribution in [-0.4, -0.2) is 26.0 Å². The van der Waals surface area contributed by atoms with E-state index in [1.54, 1.807) is 0 Å². The summed E-state index contributed by atoms with van der Waals surface area (Å²) in [5.74, 6) is 6.83. The Kier molecular flexibility index (Phi) is 5.88. The minimum atomic E-state index is -0.333. The molecular formula is C17H25N5OS. The maximum absolute atomic E-state index is 12.6. The quantitative estimate of drug-likeness (QED) is 0.619. The number of carbonyl (C=O) groups is 1. The van der Waals surface area contributed by atoms with Crippen LogP contribution in [0.4, 0.5) is 5.69 Å². The van der Waals surface area contributed by atoms with Crippen molar-refractivity contribution in [3.63, 3.8) is 0 Å². The standard InChI is InChI=1S/C17H25N5OS/c1-6-13-9-7-8-11(4)14(13)19-16(23)12(5)24-17-21-20-15(10(2)3)22(17)18/h7-10,12H,6,18H2,1-5H3,(H,19,23)/t12-/m1/s1. The first-order valence-corrected chi connectivity index (χ1v) is 8.99. The summed E-state index contributed by atoms with van der Waals surface area (Å²) in [5.41, 5.74) is 3.09. The monoisotopic (exact) mass is 347 g/mol. The van der Waals surface area contributed by atoms with Gasteiger partial charge >= 0.3 is 0 Å². The van der Waals surface area contributed by atoms with Crippen LogP contribution in [-0.2, 0) is 11.2 Å². The Balaban J connectivity index is 2.11. The van der Waals surface area contributed by atoms with Crippen molar-refractivity contribution < 1.29 is 4.79 Å². The van der Waals surface area contributed by atoms with Crippen LogP contribution in [0.3, 0.4) is 0 Å². The third kappa shape index (κ3) is 3.90. The van der Waals surface area contributed by atoms with Crippen LogP contribution in [0, 0.1) is 6.92 Å². The third-order valence-electron chi connectivity index (χ3n) is 3.85. The molecule has 0 bridgehead atoms. The highest BCUT2D eigenvalue weighted by atomic mass is 32.2. The molecule has 1 heterocycles. The smallest absolute Gasteiger partial charge is 0.237 e. The molecule has 0 unspecified atom stereocenters. The zero-order valence-corrected chi connectivity index (χ0v) is 15.6. The van der Waals surface area contributed by atoms with E-state index in [2.05, 4.69) is 22.4 Å². The van der Waals surface area contributed by atoms with Gasteiger partial charge in [0.25, 0.3) is 0 Å². The summed E-state index contributed by atoms with van der Waals surface area (Å²) < 4.78 is 1.46. The SMILES string of the molecule is CCc1cccc(C)c1NC(=O)[C@@H](C)Sc1nnc(C(C)C)n1N. The van der Waals surface area contributed by atoms with E-state index in [1.165, 1.54) is 16.4 Å². The molecule has 1 aromatic carbocycles. The van der Waals surface area contributed by atoms with E-state index in [0.29, 0.717) is 11.0 Å². The fourth-order valence-electron chi connectivity index (χ4n) is 2.40. The summed E-state index contributed by atoms with van der Waals surface area (Å²) >= 11 is 1.31. The van der Waals surface area contributed by atoms with Crippen molar-refractivity contribution in [3.05, 3.63) is 35.2 Å². The van der Waals surface area contributed by atoms with E-state index < -0.39 is 0 Å². The predicted octanol–water partition coefficient (Wildman–Crippen LogP) is 3.11. The van der Waals surface area contributed by atoms with Gasteiger partial charge < -0.3 is 11.2 Å². The van der Waals surface area contributed by atoms with Crippen LogP contribution in [0.5, 0.6) is 0 Å². The highest BCUT2D eigenvalue weighted by Gasteiger charge is 2.21. The van der Waals surface area contributed by atoms with Gasteiger partial charge in [-0.25, -0.2) is 4.68 Å². The zero-order chi connectivity index (χ0) is 17.9. The molecule has 0 spiro atoms. The van der Waals surface area contributed by atoms with Gasteiger partial charge in [-0.15, -0.1) is 10.2 Å². The summed E-state index contributed by atoms with van der Waals surface area (Å²) in [7, 11) is 0. The Morgan fingerprint density at radius 1 is 1.33 bits per heavy atom. The number of thioether (sulfide) groups is 1. The highest BCUT2D eigenvalue weighted by Crippen LogP contribution is 2.26. The number of hydrogen-bond donors (Lipinski definition) is 2. The molecule has 0 fully saturated rings. The van der Waals surface area contributed by atoms with Crippen molar-refractivity contribution in [1.29, 1.82) is 0 Å². The average molecular weight is 347 g/mol. The van der Waals surface area contributed by atoms with Gasteiger partial charge in [0.1, 0.15) is 0 Å². The minimum absolute atomic E-state index is 0.0712. The lowest BCUT2D eigenvalue weighted by Gasteiger charge is -2.16. The van der Waals surface area contributed by atoms with Gasteiger partial charge in [-0.2, -0.15) is 0 Å². The predicted molar refractivity (Wildman–Crippen MR) is 98.8 cm³/mol. The number of nitrogens with zero attached hydrogens (tertiary/aromatic N) is 3. The maximum atomic E-state index is 12.6. The van der Waals surface area contributed by atoms with Crippen LogP contribution in [0.25, 0.3) is 0 Å². The number of para-hydroxylation sites is 1. The second kappa shape index (κ2) is 7.70. The van der Waals surface area contributed by atoms with E-state index in [1.807, 2.05) is 45.9 Å². The van der Waals surface area contributed by atoms with Crippen LogP contribution < -0.4 is 11.2 Å². The van der Waals surface area contributed by atoms with E-state index in [9.17, 15) is 4.79 Å². The number of nitrogen functional groups attached to an aromatic ring is 1. The molecule has 7 heteroatoms. The lowest BCUT2D eigenvalue weighted by molar-refractivity contribution is -0.115. The number of nitrogens with one attached hydrogen (secondary N) is 1. The van der Waals surface area contributed by atoms with Gasteiger partial charge in [-0.3, -0.25) is 4.79 Å². The Bertz CT molecular complexity index is 726. The van der Waals surface area contributed by atoms with Crippen LogP contribution in [0.15, 0.2) is 23.4 Å². The number of hydrogen-bond acceptors (Lipinski definition) is 5. The number of aryl methyl sites for hydroxylation is 2. The Morgan fingerprint density at radius 3 is 2.62 bits per heavy atom. The second-order valence-electron chi connectivity index (χ2n) is 6.08. The van der Waals surface area contributed by atoms with Crippen molar-refractivity contribution in [2.45, 2.75) is 57.4 Å². The minimum Gasteiger partial charge on any atom is -0.336 e. The van der Waals surface area contributed by atoms with Crippen molar-refractivity contribution >= 4 is 23.4 Å². The first-order valence-electron chi connectivity index (χ1n) is 8.11. The summed E-state index contributed by atoms with van der Waals surface area (Å²) in [5, 5.41) is 11.4. The van der Waals surface area contributed by atoms with E-state index in [-0.39, 0.29) is 17.1 Å². The Morgan fingerprint density at radius 2 is 2.04 bits per heavy atom. The molecule has 0 aliphatic heterocycles. The van der Waals surface area contributed by atoms with Gasteiger partial charge in [-0.1, -0.05) is 50.7 Å². The van der Waals surface area contributed by atoms with E-state index in [4.69, 9.17) is 5.84 Å². The van der Waals surface area contributed by atoms with E-state index >= 15 is 0 Å². The van der Waals surface area contributed by atoms with Gasteiger partial charge in [0.15, 0.2) is 5.82 Å². The lowest BCUT2D eigenvalue weighted by atomic mass is 10.1. The van der Waals surface area contributed by atoms with Crippen LogP contribution in [0.2, 0.25) is 0 Å². The fraction of sp³-hybridized carbons (Fsp3) is 0.471. The second-order valence-corrected chi connectivity index (χ2v) is 7.39. The number of aromatic nitrogens is 3. The molecular weight excluding hydrogens is 322 g/mol. The molecule has 24 heavy (non-hydrogen) atoms. The molecule has 1 amide bonds. The summed E-state index contributed by atoms with van der Waals surface area (Å²) in [6.07, 6.45) is 0.869. The van der Waals surface area contributed by atoms with Crippen LogP contribution >= 0.6 is 11.8 Å². The van der Waals surface area contributed by atoms with Gasteiger partial charge in [0.2, 0.25) is 11.1 Å². The molecule has 0 aliphatic rings. The molecule has 2 rings (SSSR count). The highest BCUT2D eigenvalue weighted by molar-refractivity contribution is 8.00. The first-order chi connectivity index (χ1) is 11.3. The lowest BCUT2D eigenvalue weighted by Crippen LogP contribution is -2.25. The van der Waals surface area contributed by atoms with Gasteiger partial charge in [-0.05, 0) is 31.4 Å². The first kappa shape index (κ1) is 18.3. The molecule has 3 N–H and O–H groups in total. The summed E-state index contributed by atoms with van der Waals surface area (Å²) in [6, 6.07) is 6.04. The molecule has 6 nitrogen and oxygen atoms in total. The van der Waals surface area contributed by atoms with Gasteiger partial charge in [0.05, 0.1) is 5.25 Å².